The molecule has 5 rings (SSSR count). The fourth-order valence-electron chi connectivity index (χ4n) is 4.57. The molecule has 142 valence electrons. The molecule has 2 amide bonds. The molecule has 1 saturated carbocycles. The molecule has 28 heavy (non-hydrogen) atoms. The molecule has 4 unspecified atom stereocenters. The summed E-state index contributed by atoms with van der Waals surface area (Å²) in [5.41, 5.74) is 0.911. The number of ether oxygens (including phenoxy) is 1. The molecule has 0 spiro atoms. The van der Waals surface area contributed by atoms with Crippen molar-refractivity contribution in [3.63, 3.8) is 0 Å². The van der Waals surface area contributed by atoms with Gasteiger partial charge in [-0.25, -0.2) is 0 Å². The van der Waals surface area contributed by atoms with Crippen LogP contribution in [0.15, 0.2) is 58.1 Å². The van der Waals surface area contributed by atoms with Crippen LogP contribution in [-0.4, -0.2) is 29.6 Å². The van der Waals surface area contributed by atoms with E-state index in [1.165, 1.54) is 6.21 Å². The molecular weight excluding hydrogens is 356 g/mol. The van der Waals surface area contributed by atoms with Gasteiger partial charge in [-0.2, -0.15) is 10.1 Å². The summed E-state index contributed by atoms with van der Waals surface area (Å²) in [4.78, 5) is 25.3. The zero-order chi connectivity index (χ0) is 19.3. The number of fused-ring (bicyclic) bond motifs is 5. The van der Waals surface area contributed by atoms with Crippen molar-refractivity contribution in [3.8, 4) is 17.1 Å². The molecule has 3 aliphatic rings. The maximum absolute atomic E-state index is 12.6. The molecule has 2 aliphatic carbocycles. The fourth-order valence-corrected chi connectivity index (χ4v) is 4.57. The Hall–Kier alpha value is -3.15. The van der Waals surface area contributed by atoms with Crippen molar-refractivity contribution < 1.29 is 18.7 Å². The monoisotopic (exact) mass is 376 g/mol. The Morgan fingerprint density at radius 2 is 1.75 bits per heavy atom. The van der Waals surface area contributed by atoms with Gasteiger partial charge in [0, 0.05) is 5.56 Å². The maximum Gasteiger partial charge on any atom is 0.254 e. The van der Waals surface area contributed by atoms with Crippen LogP contribution in [0.3, 0.4) is 0 Å². The standard InChI is InChI=1S/C22H20N2O4/c1-2-27-16-7-5-13(6-8-16)18-10-9-17(28-18)12-23-24-21(25)19-14-3-4-15(11-14)20(19)22(24)26/h3-10,12,14-15,19-20H,2,11H2,1H3. The molecule has 0 N–H and O–H groups in total. The average molecular weight is 376 g/mol. The summed E-state index contributed by atoms with van der Waals surface area (Å²) in [5.74, 6) is 1.47. The highest BCUT2D eigenvalue weighted by atomic mass is 16.5. The van der Waals surface area contributed by atoms with Crippen LogP contribution >= 0.6 is 0 Å². The van der Waals surface area contributed by atoms with Gasteiger partial charge in [0.1, 0.15) is 17.3 Å². The van der Waals surface area contributed by atoms with Crippen LogP contribution in [0, 0.1) is 23.7 Å². The van der Waals surface area contributed by atoms with Crippen molar-refractivity contribution in [2.75, 3.05) is 6.61 Å². The highest BCUT2D eigenvalue weighted by Gasteiger charge is 2.59. The quantitative estimate of drug-likeness (QED) is 0.455. The molecule has 1 saturated heterocycles. The van der Waals surface area contributed by atoms with E-state index in [2.05, 4.69) is 17.3 Å². The number of benzene rings is 1. The Kier molecular flexibility index (Phi) is 3.93. The van der Waals surface area contributed by atoms with Crippen molar-refractivity contribution in [1.82, 2.24) is 5.01 Å². The largest absolute Gasteiger partial charge is 0.494 e. The van der Waals surface area contributed by atoms with Crippen molar-refractivity contribution in [2.45, 2.75) is 13.3 Å². The van der Waals surface area contributed by atoms with Gasteiger partial charge in [0.25, 0.3) is 11.8 Å². The number of furan rings is 1. The van der Waals surface area contributed by atoms with Crippen LogP contribution in [0.5, 0.6) is 5.75 Å². The van der Waals surface area contributed by atoms with E-state index in [4.69, 9.17) is 9.15 Å². The highest BCUT2D eigenvalue weighted by Crippen LogP contribution is 2.52. The summed E-state index contributed by atoms with van der Waals surface area (Å²) in [5, 5.41) is 5.18. The second-order valence-electron chi connectivity index (χ2n) is 7.39. The molecule has 0 radical (unpaired) electrons. The Morgan fingerprint density at radius 3 is 2.39 bits per heavy atom. The first-order chi connectivity index (χ1) is 13.7. The third-order valence-corrected chi connectivity index (χ3v) is 5.82. The summed E-state index contributed by atoms with van der Waals surface area (Å²) in [6, 6.07) is 11.2. The van der Waals surface area contributed by atoms with E-state index >= 15 is 0 Å². The molecule has 6 heteroatoms. The topological polar surface area (TPSA) is 72.1 Å². The number of imide groups is 1. The molecular formula is C22H20N2O4. The van der Waals surface area contributed by atoms with Gasteiger partial charge in [0.05, 0.1) is 24.7 Å². The summed E-state index contributed by atoms with van der Waals surface area (Å²) in [7, 11) is 0. The zero-order valence-electron chi connectivity index (χ0n) is 15.4. The molecule has 1 aliphatic heterocycles. The van der Waals surface area contributed by atoms with Crippen molar-refractivity contribution in [3.05, 3.63) is 54.3 Å². The number of hydrogen-bond acceptors (Lipinski definition) is 5. The maximum atomic E-state index is 12.6. The minimum absolute atomic E-state index is 0.182. The first kappa shape index (κ1) is 17.0. The number of amides is 2. The number of hydrogen-bond donors (Lipinski definition) is 0. The van der Waals surface area contributed by atoms with Crippen molar-refractivity contribution in [2.24, 2.45) is 28.8 Å². The van der Waals surface area contributed by atoms with Crippen LogP contribution in [0.2, 0.25) is 0 Å². The summed E-state index contributed by atoms with van der Waals surface area (Å²) in [6.07, 6.45) is 6.48. The van der Waals surface area contributed by atoms with Crippen LogP contribution < -0.4 is 4.74 Å². The molecule has 1 aromatic carbocycles. The van der Waals surface area contributed by atoms with Crippen LogP contribution in [0.25, 0.3) is 11.3 Å². The Labute approximate surface area is 162 Å². The molecule has 2 aromatic rings. The van der Waals surface area contributed by atoms with E-state index in [1.54, 1.807) is 6.07 Å². The second-order valence-corrected chi connectivity index (χ2v) is 7.39. The van der Waals surface area contributed by atoms with E-state index in [9.17, 15) is 9.59 Å². The normalized spacial score (nSPS) is 28.0. The number of rotatable bonds is 5. The number of hydrazone groups is 1. The third kappa shape index (κ3) is 2.59. The lowest BCUT2D eigenvalue weighted by molar-refractivity contribution is -0.140. The van der Waals surface area contributed by atoms with Gasteiger partial charge in [-0.3, -0.25) is 9.59 Å². The number of carbonyl (C=O) groups excluding carboxylic acids is 2. The van der Waals surface area contributed by atoms with Crippen LogP contribution in [-0.2, 0) is 9.59 Å². The van der Waals surface area contributed by atoms with Crippen LogP contribution in [0.4, 0.5) is 0 Å². The SMILES string of the molecule is CCOc1ccc(-c2ccc(C=NN3C(=O)C4C5C=CC(C5)C4C3=O)o2)cc1. The Balaban J connectivity index is 1.31. The molecule has 1 aromatic heterocycles. The van der Waals surface area contributed by atoms with Gasteiger partial charge < -0.3 is 9.15 Å². The Bertz CT molecular complexity index is 958. The van der Waals surface area contributed by atoms with E-state index < -0.39 is 0 Å². The molecule has 2 heterocycles. The smallest absolute Gasteiger partial charge is 0.254 e. The predicted molar refractivity (Wildman–Crippen MR) is 102 cm³/mol. The third-order valence-electron chi connectivity index (χ3n) is 5.82. The van der Waals surface area contributed by atoms with Gasteiger partial charge >= 0.3 is 0 Å². The highest BCUT2D eigenvalue weighted by molar-refractivity contribution is 6.06. The molecule has 2 fully saturated rings. The fraction of sp³-hybridized carbons (Fsp3) is 0.318. The number of carbonyl (C=O) groups is 2. The van der Waals surface area contributed by atoms with Crippen molar-refractivity contribution in [1.29, 1.82) is 0 Å². The summed E-state index contributed by atoms with van der Waals surface area (Å²) < 4.78 is 11.2. The van der Waals surface area contributed by atoms with Crippen LogP contribution in [0.1, 0.15) is 19.1 Å². The van der Waals surface area contributed by atoms with E-state index in [0.29, 0.717) is 18.1 Å². The zero-order valence-corrected chi connectivity index (χ0v) is 15.4. The molecule has 6 nitrogen and oxygen atoms in total. The van der Waals surface area contributed by atoms with E-state index in [0.717, 1.165) is 22.7 Å². The lowest BCUT2D eigenvalue weighted by Crippen LogP contribution is -2.28. The Morgan fingerprint density at radius 1 is 1.07 bits per heavy atom. The lowest BCUT2D eigenvalue weighted by atomic mass is 9.85. The minimum atomic E-state index is -0.240. The average Bonchev–Trinajstić information content (AvgIpc) is 3.47. The van der Waals surface area contributed by atoms with Gasteiger partial charge in [0.2, 0.25) is 0 Å². The molecule has 2 bridgehead atoms. The second kappa shape index (κ2) is 6.48. The van der Waals surface area contributed by atoms with Gasteiger partial charge in [-0.05, 0) is 61.6 Å². The van der Waals surface area contributed by atoms with Gasteiger partial charge in [0.15, 0.2) is 0 Å². The number of nitrogens with zero attached hydrogens (tertiary/aromatic N) is 2. The van der Waals surface area contributed by atoms with E-state index in [1.807, 2.05) is 37.3 Å². The number of allylic oxidation sites excluding steroid dienone is 2. The van der Waals surface area contributed by atoms with E-state index in [-0.39, 0.29) is 35.5 Å². The summed E-state index contributed by atoms with van der Waals surface area (Å²) in [6.45, 7) is 2.56. The van der Waals surface area contributed by atoms with Gasteiger partial charge in [-0.1, -0.05) is 12.2 Å². The lowest BCUT2D eigenvalue weighted by Gasteiger charge is -2.13. The first-order valence-corrected chi connectivity index (χ1v) is 9.59. The van der Waals surface area contributed by atoms with Gasteiger partial charge in [-0.15, -0.1) is 0 Å². The molecule has 4 atom stereocenters. The summed E-state index contributed by atoms with van der Waals surface area (Å²) >= 11 is 0. The predicted octanol–water partition coefficient (Wildman–Crippen LogP) is 3.49. The first-order valence-electron chi connectivity index (χ1n) is 9.59. The van der Waals surface area contributed by atoms with Crippen molar-refractivity contribution >= 4 is 18.0 Å². The minimum Gasteiger partial charge on any atom is -0.494 e.